The average Bonchev–Trinajstić information content (AvgIpc) is 2.72. The van der Waals surface area contributed by atoms with E-state index in [0.29, 0.717) is 5.92 Å². The van der Waals surface area contributed by atoms with E-state index in [9.17, 15) is 9.90 Å². The highest BCUT2D eigenvalue weighted by molar-refractivity contribution is 5.90. The summed E-state index contributed by atoms with van der Waals surface area (Å²) in [6.45, 7) is 4.38. The van der Waals surface area contributed by atoms with E-state index in [1.165, 1.54) is 6.42 Å². The molecule has 122 valence electrons. The van der Waals surface area contributed by atoms with Crippen LogP contribution >= 0.6 is 0 Å². The Labute approximate surface area is 133 Å². The number of carbonyl (C=O) groups is 1. The summed E-state index contributed by atoms with van der Waals surface area (Å²) in [5, 5.41) is 15.6. The van der Waals surface area contributed by atoms with Gasteiger partial charge in [0.25, 0.3) is 0 Å². The van der Waals surface area contributed by atoms with Crippen LogP contribution in [0, 0.1) is 5.92 Å². The topological polar surface area (TPSA) is 61.4 Å². The van der Waals surface area contributed by atoms with Gasteiger partial charge in [0.05, 0.1) is 0 Å². The summed E-state index contributed by atoms with van der Waals surface area (Å²) < 4.78 is 0. The molecule has 0 bridgehead atoms. The summed E-state index contributed by atoms with van der Waals surface area (Å²) in [6.07, 6.45) is 5.38. The lowest BCUT2D eigenvalue weighted by atomic mass is 9.96. The molecule has 0 aromatic heterocycles. The number of hydrogen-bond donors (Lipinski definition) is 3. The van der Waals surface area contributed by atoms with Gasteiger partial charge in [0, 0.05) is 24.3 Å². The Balaban J connectivity index is 2.00. The van der Waals surface area contributed by atoms with Crippen LogP contribution in [-0.4, -0.2) is 23.8 Å². The molecule has 0 radical (unpaired) electrons. The molecule has 0 spiro atoms. The maximum absolute atomic E-state index is 12.3. The molecule has 4 nitrogen and oxygen atoms in total. The van der Waals surface area contributed by atoms with Crippen LogP contribution in [-0.2, 0) is 0 Å². The Morgan fingerprint density at radius 1 is 1.23 bits per heavy atom. The lowest BCUT2D eigenvalue weighted by Crippen LogP contribution is -2.43. The van der Waals surface area contributed by atoms with Crippen molar-refractivity contribution in [2.75, 3.05) is 11.9 Å². The average molecular weight is 304 g/mol. The van der Waals surface area contributed by atoms with Crippen molar-refractivity contribution >= 4 is 11.7 Å². The number of amides is 2. The van der Waals surface area contributed by atoms with Crippen LogP contribution in [0.25, 0.3) is 0 Å². The molecule has 2 amide bonds. The van der Waals surface area contributed by atoms with Gasteiger partial charge in [-0.1, -0.05) is 51.3 Å². The van der Waals surface area contributed by atoms with Gasteiger partial charge in [-0.15, -0.1) is 0 Å². The quantitative estimate of drug-likeness (QED) is 0.739. The molecule has 22 heavy (non-hydrogen) atoms. The van der Waals surface area contributed by atoms with Crippen molar-refractivity contribution in [2.24, 2.45) is 5.92 Å². The first-order valence-electron chi connectivity index (χ1n) is 8.39. The van der Waals surface area contributed by atoms with Crippen molar-refractivity contribution in [3.63, 3.8) is 0 Å². The summed E-state index contributed by atoms with van der Waals surface area (Å²) >= 11 is 0. The summed E-state index contributed by atoms with van der Waals surface area (Å²) in [7, 11) is 0. The summed E-state index contributed by atoms with van der Waals surface area (Å²) in [5.74, 6) is 0.535. The van der Waals surface area contributed by atoms with E-state index in [1.54, 1.807) is 0 Å². The Morgan fingerprint density at radius 3 is 2.68 bits per heavy atom. The number of anilines is 1. The molecule has 1 aliphatic rings. The van der Waals surface area contributed by atoms with E-state index in [1.807, 2.05) is 24.3 Å². The minimum Gasteiger partial charge on any atom is -0.396 e. The molecule has 1 fully saturated rings. The van der Waals surface area contributed by atoms with Crippen LogP contribution in [0.5, 0.6) is 0 Å². The zero-order valence-corrected chi connectivity index (χ0v) is 13.6. The Hall–Kier alpha value is -1.55. The molecule has 0 aliphatic heterocycles. The number of aliphatic hydroxyl groups is 1. The molecule has 2 atom stereocenters. The van der Waals surface area contributed by atoms with Gasteiger partial charge in [0.2, 0.25) is 0 Å². The Morgan fingerprint density at radius 2 is 1.95 bits per heavy atom. The molecular weight excluding hydrogens is 276 g/mol. The molecule has 0 heterocycles. The van der Waals surface area contributed by atoms with Crippen LogP contribution in [0.2, 0.25) is 0 Å². The first-order valence-corrected chi connectivity index (χ1v) is 8.39. The van der Waals surface area contributed by atoms with Crippen molar-refractivity contribution in [3.05, 3.63) is 29.8 Å². The highest BCUT2D eigenvalue weighted by Gasteiger charge is 2.24. The van der Waals surface area contributed by atoms with Gasteiger partial charge in [-0.05, 0) is 30.4 Å². The SMILES string of the molecule is CC(C)c1ccccc1NC(=O)NC1CCCCCC1CO. The van der Waals surface area contributed by atoms with Gasteiger partial charge < -0.3 is 15.7 Å². The third-order valence-electron chi connectivity index (χ3n) is 4.54. The van der Waals surface area contributed by atoms with Crippen LogP contribution in [0.3, 0.4) is 0 Å². The zero-order chi connectivity index (χ0) is 15.9. The van der Waals surface area contributed by atoms with Crippen molar-refractivity contribution in [3.8, 4) is 0 Å². The molecule has 1 aliphatic carbocycles. The van der Waals surface area contributed by atoms with E-state index >= 15 is 0 Å². The number of carbonyl (C=O) groups excluding carboxylic acids is 1. The highest BCUT2D eigenvalue weighted by atomic mass is 16.3. The van der Waals surface area contributed by atoms with Gasteiger partial charge in [-0.3, -0.25) is 0 Å². The van der Waals surface area contributed by atoms with E-state index in [2.05, 4.69) is 24.5 Å². The lowest BCUT2D eigenvalue weighted by molar-refractivity contribution is 0.182. The van der Waals surface area contributed by atoms with Gasteiger partial charge in [-0.25, -0.2) is 4.79 Å². The Bertz CT molecular complexity index is 488. The van der Waals surface area contributed by atoms with Crippen LogP contribution < -0.4 is 10.6 Å². The zero-order valence-electron chi connectivity index (χ0n) is 13.6. The molecule has 1 aromatic rings. The summed E-state index contributed by atoms with van der Waals surface area (Å²) in [6, 6.07) is 7.81. The number of benzene rings is 1. The second-order valence-electron chi connectivity index (χ2n) is 6.53. The van der Waals surface area contributed by atoms with E-state index in [-0.39, 0.29) is 24.6 Å². The molecule has 1 saturated carbocycles. The second kappa shape index (κ2) is 8.18. The fourth-order valence-electron chi connectivity index (χ4n) is 3.23. The van der Waals surface area contributed by atoms with Crippen molar-refractivity contribution in [1.29, 1.82) is 0 Å². The van der Waals surface area contributed by atoms with Crippen LogP contribution in [0.1, 0.15) is 57.4 Å². The van der Waals surface area contributed by atoms with E-state index in [0.717, 1.165) is 36.9 Å². The first-order chi connectivity index (χ1) is 10.6. The minimum atomic E-state index is -0.168. The van der Waals surface area contributed by atoms with Gasteiger partial charge in [0.15, 0.2) is 0 Å². The maximum atomic E-state index is 12.3. The third-order valence-corrected chi connectivity index (χ3v) is 4.54. The predicted octanol–water partition coefficient (Wildman–Crippen LogP) is 3.87. The van der Waals surface area contributed by atoms with Gasteiger partial charge in [0.1, 0.15) is 0 Å². The standard InChI is InChI=1S/C18H28N2O2/c1-13(2)15-9-6-7-11-17(15)20-18(22)19-16-10-5-3-4-8-14(16)12-21/h6-7,9,11,13-14,16,21H,3-5,8,10,12H2,1-2H3,(H2,19,20,22). The predicted molar refractivity (Wildman–Crippen MR) is 90.1 cm³/mol. The third kappa shape index (κ3) is 4.47. The molecule has 2 unspecified atom stereocenters. The number of urea groups is 1. The fourth-order valence-corrected chi connectivity index (χ4v) is 3.23. The number of rotatable bonds is 4. The molecule has 1 aromatic carbocycles. The van der Waals surface area contributed by atoms with Gasteiger partial charge in [-0.2, -0.15) is 0 Å². The minimum absolute atomic E-state index is 0.0683. The van der Waals surface area contributed by atoms with Gasteiger partial charge >= 0.3 is 6.03 Å². The number of para-hydroxylation sites is 1. The molecular formula is C18H28N2O2. The lowest BCUT2D eigenvalue weighted by Gasteiger charge is -2.25. The smallest absolute Gasteiger partial charge is 0.319 e. The molecule has 0 saturated heterocycles. The molecule has 4 heteroatoms. The normalized spacial score (nSPS) is 22.2. The summed E-state index contributed by atoms with van der Waals surface area (Å²) in [4.78, 5) is 12.3. The largest absolute Gasteiger partial charge is 0.396 e. The highest BCUT2D eigenvalue weighted by Crippen LogP contribution is 2.25. The number of hydrogen-bond acceptors (Lipinski definition) is 2. The second-order valence-corrected chi connectivity index (χ2v) is 6.53. The number of nitrogens with one attached hydrogen (secondary N) is 2. The molecule has 2 rings (SSSR count). The van der Waals surface area contributed by atoms with E-state index < -0.39 is 0 Å². The Kier molecular flexibility index (Phi) is 6.25. The monoisotopic (exact) mass is 304 g/mol. The van der Waals surface area contributed by atoms with Crippen molar-refractivity contribution < 1.29 is 9.90 Å². The van der Waals surface area contributed by atoms with Crippen LogP contribution in [0.15, 0.2) is 24.3 Å². The van der Waals surface area contributed by atoms with E-state index in [4.69, 9.17) is 0 Å². The summed E-state index contributed by atoms with van der Waals surface area (Å²) in [5.41, 5.74) is 2.00. The first kappa shape index (κ1) is 16.8. The van der Waals surface area contributed by atoms with Crippen LogP contribution in [0.4, 0.5) is 10.5 Å². The van der Waals surface area contributed by atoms with Crippen molar-refractivity contribution in [2.45, 2.75) is 57.9 Å². The van der Waals surface area contributed by atoms with Crippen molar-refractivity contribution in [1.82, 2.24) is 5.32 Å². The molecule has 3 N–H and O–H groups in total. The fraction of sp³-hybridized carbons (Fsp3) is 0.611. The maximum Gasteiger partial charge on any atom is 0.319 e. The number of aliphatic hydroxyl groups excluding tert-OH is 1.